The highest BCUT2D eigenvalue weighted by Crippen LogP contribution is 2.48. The van der Waals surface area contributed by atoms with Gasteiger partial charge in [0.1, 0.15) is 11.3 Å². The molecule has 0 aliphatic carbocycles. The van der Waals surface area contributed by atoms with Gasteiger partial charge in [0.2, 0.25) is 11.8 Å². The van der Waals surface area contributed by atoms with Gasteiger partial charge in [-0.3, -0.25) is 14.9 Å². The number of para-hydroxylation sites is 1. The van der Waals surface area contributed by atoms with Crippen molar-refractivity contribution in [2.75, 3.05) is 17.7 Å². The number of hydrogen-bond donors (Lipinski definition) is 3. The maximum atomic E-state index is 13.3. The zero-order valence-corrected chi connectivity index (χ0v) is 16.3. The van der Waals surface area contributed by atoms with Crippen molar-refractivity contribution in [3.8, 4) is 5.75 Å². The van der Waals surface area contributed by atoms with Crippen molar-refractivity contribution in [3.05, 3.63) is 54.1 Å². The Labute approximate surface area is 164 Å². The lowest BCUT2D eigenvalue weighted by Gasteiger charge is -2.29. The minimum Gasteiger partial charge on any atom is -0.497 e. The lowest BCUT2D eigenvalue weighted by atomic mass is 9.79. The van der Waals surface area contributed by atoms with Crippen molar-refractivity contribution < 1.29 is 14.3 Å². The Hall–Kier alpha value is -2.86. The van der Waals surface area contributed by atoms with Crippen LogP contribution in [0.25, 0.3) is 0 Å². The molecule has 4 rings (SSSR count). The van der Waals surface area contributed by atoms with Gasteiger partial charge in [-0.25, -0.2) is 0 Å². The van der Waals surface area contributed by atoms with Crippen LogP contribution in [0, 0.1) is 11.8 Å². The van der Waals surface area contributed by atoms with E-state index in [9.17, 15) is 9.59 Å². The molecule has 2 amide bonds. The molecule has 2 aliphatic rings. The molecule has 3 N–H and O–H groups in total. The first-order valence-electron chi connectivity index (χ1n) is 9.59. The van der Waals surface area contributed by atoms with E-state index in [4.69, 9.17) is 4.74 Å². The second-order valence-electron chi connectivity index (χ2n) is 7.81. The van der Waals surface area contributed by atoms with Crippen molar-refractivity contribution in [2.45, 2.75) is 31.8 Å². The maximum Gasteiger partial charge on any atom is 0.250 e. The number of hydrogen-bond acceptors (Lipinski definition) is 4. The average molecular weight is 379 g/mol. The van der Waals surface area contributed by atoms with E-state index in [2.05, 4.69) is 29.8 Å². The van der Waals surface area contributed by atoms with Crippen LogP contribution in [0.4, 0.5) is 11.4 Å². The second kappa shape index (κ2) is 6.95. The maximum absolute atomic E-state index is 13.3. The molecule has 6 heteroatoms. The van der Waals surface area contributed by atoms with Gasteiger partial charge in [-0.1, -0.05) is 32.0 Å². The molecule has 1 saturated heterocycles. The third kappa shape index (κ3) is 2.85. The van der Waals surface area contributed by atoms with Crippen LogP contribution in [-0.2, 0) is 15.1 Å². The van der Waals surface area contributed by atoms with Gasteiger partial charge in [0, 0.05) is 23.0 Å². The van der Waals surface area contributed by atoms with Crippen LogP contribution >= 0.6 is 0 Å². The van der Waals surface area contributed by atoms with Crippen molar-refractivity contribution in [1.29, 1.82) is 0 Å². The van der Waals surface area contributed by atoms with Gasteiger partial charge < -0.3 is 15.4 Å². The van der Waals surface area contributed by atoms with E-state index in [0.717, 1.165) is 17.0 Å². The molecule has 0 radical (unpaired) electrons. The van der Waals surface area contributed by atoms with E-state index >= 15 is 0 Å². The van der Waals surface area contributed by atoms with Gasteiger partial charge >= 0.3 is 0 Å². The summed E-state index contributed by atoms with van der Waals surface area (Å²) in [5, 5.41) is 9.45. The first-order chi connectivity index (χ1) is 13.5. The summed E-state index contributed by atoms with van der Waals surface area (Å²) in [6, 6.07) is 14.9. The molecule has 146 valence electrons. The fraction of sp³-hybridized carbons (Fsp3) is 0.364. The van der Waals surface area contributed by atoms with Gasteiger partial charge in [-0.15, -0.1) is 0 Å². The zero-order valence-electron chi connectivity index (χ0n) is 16.3. The molecule has 3 atom stereocenters. The van der Waals surface area contributed by atoms with Crippen molar-refractivity contribution in [2.24, 2.45) is 11.8 Å². The highest BCUT2D eigenvalue weighted by atomic mass is 16.5. The molecule has 3 unspecified atom stereocenters. The molecule has 2 aromatic rings. The first kappa shape index (κ1) is 18.5. The Morgan fingerprint density at radius 1 is 1.18 bits per heavy atom. The van der Waals surface area contributed by atoms with Crippen molar-refractivity contribution in [1.82, 2.24) is 5.32 Å². The summed E-state index contributed by atoms with van der Waals surface area (Å²) in [5.74, 6) is 0.197. The van der Waals surface area contributed by atoms with Gasteiger partial charge in [0.25, 0.3) is 0 Å². The van der Waals surface area contributed by atoms with Crippen LogP contribution in [0.15, 0.2) is 48.5 Å². The summed E-state index contributed by atoms with van der Waals surface area (Å²) < 4.78 is 5.17. The quantitative estimate of drug-likeness (QED) is 0.763. The Morgan fingerprint density at radius 2 is 1.89 bits per heavy atom. The molecule has 1 fully saturated rings. The van der Waals surface area contributed by atoms with E-state index in [1.54, 1.807) is 31.4 Å². The molecule has 1 spiro atoms. The lowest BCUT2D eigenvalue weighted by molar-refractivity contribution is -0.130. The molecule has 0 bridgehead atoms. The number of nitrogens with one attached hydrogen (secondary N) is 3. The molecule has 0 saturated carbocycles. The molecule has 2 aromatic carbocycles. The minimum absolute atomic E-state index is 0.0727. The summed E-state index contributed by atoms with van der Waals surface area (Å²) in [6.07, 6.45) is 0.599. The van der Waals surface area contributed by atoms with Crippen LogP contribution in [0.5, 0.6) is 5.75 Å². The second-order valence-corrected chi connectivity index (χ2v) is 7.81. The van der Waals surface area contributed by atoms with E-state index in [0.29, 0.717) is 18.0 Å². The number of carbonyl (C=O) groups excluding carboxylic acids is 2. The largest absolute Gasteiger partial charge is 0.497 e. The third-order valence-corrected chi connectivity index (χ3v) is 5.86. The smallest absolute Gasteiger partial charge is 0.250 e. The summed E-state index contributed by atoms with van der Waals surface area (Å²) in [7, 11) is 1.60. The summed E-state index contributed by atoms with van der Waals surface area (Å²) in [6.45, 7) is 4.21. The summed E-state index contributed by atoms with van der Waals surface area (Å²) in [4.78, 5) is 26.4. The van der Waals surface area contributed by atoms with Crippen LogP contribution in [0.2, 0.25) is 0 Å². The van der Waals surface area contributed by atoms with Crippen LogP contribution in [-0.4, -0.2) is 25.0 Å². The standard InChI is InChI=1S/C22H25N3O3/c1-13(2)19-12-17(20(26)23-14-8-10-15(28-3)11-9-14)22(25-19)16-6-4-5-7-18(16)24-21(22)27/h4-11,13,17,19,25H,12H2,1-3H3,(H,23,26)(H,24,27). The van der Waals surface area contributed by atoms with Gasteiger partial charge in [0.05, 0.1) is 13.0 Å². The fourth-order valence-electron chi connectivity index (χ4n) is 4.30. The topological polar surface area (TPSA) is 79.5 Å². The van der Waals surface area contributed by atoms with Crippen LogP contribution < -0.4 is 20.7 Å². The van der Waals surface area contributed by atoms with Gasteiger partial charge in [-0.2, -0.15) is 0 Å². The van der Waals surface area contributed by atoms with Crippen LogP contribution in [0.3, 0.4) is 0 Å². The Balaban J connectivity index is 1.69. The normalized spacial score (nSPS) is 25.6. The molecule has 0 aromatic heterocycles. The Kier molecular flexibility index (Phi) is 4.59. The zero-order chi connectivity index (χ0) is 19.9. The Morgan fingerprint density at radius 3 is 2.57 bits per heavy atom. The number of amides is 2. The van der Waals surface area contributed by atoms with E-state index in [1.165, 1.54) is 0 Å². The highest BCUT2D eigenvalue weighted by molar-refractivity contribution is 6.10. The van der Waals surface area contributed by atoms with Gasteiger partial charge in [0.15, 0.2) is 0 Å². The SMILES string of the molecule is COc1ccc(NC(=O)C2CC(C(C)C)NC23C(=O)Nc2ccccc23)cc1. The van der Waals surface area contributed by atoms with E-state index in [-0.39, 0.29) is 17.9 Å². The minimum atomic E-state index is -1.04. The molecular formula is C22H25N3O3. The fourth-order valence-corrected chi connectivity index (χ4v) is 4.30. The Bertz CT molecular complexity index is 909. The number of anilines is 2. The first-order valence-corrected chi connectivity index (χ1v) is 9.59. The summed E-state index contributed by atoms with van der Waals surface area (Å²) in [5.41, 5.74) is 1.26. The van der Waals surface area contributed by atoms with Gasteiger partial charge in [-0.05, 0) is 42.7 Å². The van der Waals surface area contributed by atoms with E-state index in [1.807, 2.05) is 24.3 Å². The number of rotatable bonds is 4. The number of benzene rings is 2. The average Bonchev–Trinajstić information content (AvgIpc) is 3.23. The predicted molar refractivity (Wildman–Crippen MR) is 108 cm³/mol. The third-order valence-electron chi connectivity index (χ3n) is 5.86. The molecule has 28 heavy (non-hydrogen) atoms. The number of fused-ring (bicyclic) bond motifs is 2. The lowest BCUT2D eigenvalue weighted by Crippen LogP contribution is -2.52. The summed E-state index contributed by atoms with van der Waals surface area (Å²) >= 11 is 0. The van der Waals surface area contributed by atoms with Crippen molar-refractivity contribution in [3.63, 3.8) is 0 Å². The molecular weight excluding hydrogens is 354 g/mol. The van der Waals surface area contributed by atoms with Crippen LogP contribution in [0.1, 0.15) is 25.8 Å². The predicted octanol–water partition coefficient (Wildman–Crippen LogP) is 3.12. The highest BCUT2D eigenvalue weighted by Gasteiger charge is 2.60. The molecule has 2 aliphatic heterocycles. The van der Waals surface area contributed by atoms with Crippen molar-refractivity contribution >= 4 is 23.2 Å². The number of carbonyl (C=O) groups is 2. The number of methoxy groups -OCH3 is 1. The number of ether oxygens (including phenoxy) is 1. The van der Waals surface area contributed by atoms with E-state index < -0.39 is 11.5 Å². The monoisotopic (exact) mass is 379 g/mol. The molecule has 6 nitrogen and oxygen atoms in total. The molecule has 2 heterocycles.